The lowest BCUT2D eigenvalue weighted by Gasteiger charge is -2.25. The minimum absolute atomic E-state index is 0.212. The van der Waals surface area contributed by atoms with Gasteiger partial charge in [-0.15, -0.1) is 0 Å². The predicted octanol–water partition coefficient (Wildman–Crippen LogP) is 2.22. The summed E-state index contributed by atoms with van der Waals surface area (Å²) in [6.45, 7) is 2.43. The Morgan fingerprint density at radius 3 is 3.10 bits per heavy atom. The van der Waals surface area contributed by atoms with Crippen molar-refractivity contribution in [2.75, 3.05) is 18.9 Å². The Balaban J connectivity index is 1.77. The van der Waals surface area contributed by atoms with Crippen molar-refractivity contribution in [2.45, 2.75) is 19.5 Å². The van der Waals surface area contributed by atoms with Crippen LogP contribution in [-0.4, -0.2) is 28.5 Å². The first-order valence-corrected chi connectivity index (χ1v) is 6.72. The van der Waals surface area contributed by atoms with Crippen molar-refractivity contribution in [3.05, 3.63) is 53.2 Å². The summed E-state index contributed by atoms with van der Waals surface area (Å²) in [7, 11) is 2.09. The maximum Gasteiger partial charge on any atom is 0.133 e. The zero-order valence-electron chi connectivity index (χ0n) is 11.4. The Kier molecular flexibility index (Phi) is 3.60. The van der Waals surface area contributed by atoms with Crippen molar-refractivity contribution >= 4 is 5.82 Å². The fourth-order valence-corrected chi connectivity index (χ4v) is 2.47. The standard InChI is InChI=1S/C15H17FN4/c1-20-6-5-13-14(9-20)18-10-19-15(13)17-8-11-3-2-4-12(16)7-11/h2-4,7,10H,5-6,8-9H2,1H3,(H,17,18,19). The molecular weight excluding hydrogens is 255 g/mol. The van der Waals surface area contributed by atoms with E-state index in [2.05, 4.69) is 27.2 Å². The molecule has 1 aliphatic rings. The molecule has 104 valence electrons. The molecular formula is C15H17FN4. The van der Waals surface area contributed by atoms with E-state index in [1.807, 2.05) is 6.07 Å². The van der Waals surface area contributed by atoms with Crippen LogP contribution in [0.2, 0.25) is 0 Å². The molecule has 0 bridgehead atoms. The molecule has 0 saturated heterocycles. The number of aromatic nitrogens is 2. The van der Waals surface area contributed by atoms with Crippen LogP contribution in [0.3, 0.4) is 0 Å². The number of benzene rings is 1. The Morgan fingerprint density at radius 1 is 1.35 bits per heavy atom. The summed E-state index contributed by atoms with van der Waals surface area (Å²) in [5.74, 6) is 0.656. The average Bonchev–Trinajstić information content (AvgIpc) is 2.44. The lowest BCUT2D eigenvalue weighted by Crippen LogP contribution is -2.28. The van der Waals surface area contributed by atoms with Gasteiger partial charge in [-0.1, -0.05) is 12.1 Å². The number of rotatable bonds is 3. The highest BCUT2D eigenvalue weighted by atomic mass is 19.1. The fourth-order valence-electron chi connectivity index (χ4n) is 2.47. The van der Waals surface area contributed by atoms with Gasteiger partial charge in [-0.3, -0.25) is 0 Å². The number of nitrogens with zero attached hydrogens (tertiary/aromatic N) is 3. The molecule has 1 aromatic carbocycles. The van der Waals surface area contributed by atoms with Gasteiger partial charge in [0, 0.05) is 25.2 Å². The molecule has 2 aromatic rings. The van der Waals surface area contributed by atoms with Crippen molar-refractivity contribution in [1.82, 2.24) is 14.9 Å². The van der Waals surface area contributed by atoms with Crippen LogP contribution < -0.4 is 5.32 Å². The highest BCUT2D eigenvalue weighted by Crippen LogP contribution is 2.22. The van der Waals surface area contributed by atoms with E-state index in [0.717, 1.165) is 36.6 Å². The lowest BCUT2D eigenvalue weighted by atomic mass is 10.1. The minimum Gasteiger partial charge on any atom is -0.366 e. The zero-order chi connectivity index (χ0) is 13.9. The van der Waals surface area contributed by atoms with E-state index in [1.54, 1.807) is 12.4 Å². The quantitative estimate of drug-likeness (QED) is 0.930. The predicted molar refractivity (Wildman–Crippen MR) is 75.8 cm³/mol. The second-order valence-corrected chi connectivity index (χ2v) is 5.12. The van der Waals surface area contributed by atoms with Gasteiger partial charge in [-0.2, -0.15) is 0 Å². The Labute approximate surface area is 117 Å². The van der Waals surface area contributed by atoms with Crippen molar-refractivity contribution in [1.29, 1.82) is 0 Å². The third-order valence-electron chi connectivity index (χ3n) is 3.55. The molecule has 1 aliphatic heterocycles. The molecule has 1 N–H and O–H groups in total. The first kappa shape index (κ1) is 13.0. The number of fused-ring (bicyclic) bond motifs is 1. The summed E-state index contributed by atoms with van der Waals surface area (Å²) in [6, 6.07) is 6.61. The first-order chi connectivity index (χ1) is 9.72. The summed E-state index contributed by atoms with van der Waals surface area (Å²) in [6.07, 6.45) is 2.53. The topological polar surface area (TPSA) is 41.1 Å². The molecule has 0 spiro atoms. The maximum absolute atomic E-state index is 13.2. The highest BCUT2D eigenvalue weighted by molar-refractivity contribution is 5.47. The highest BCUT2D eigenvalue weighted by Gasteiger charge is 2.18. The Morgan fingerprint density at radius 2 is 2.25 bits per heavy atom. The third kappa shape index (κ3) is 2.77. The molecule has 0 amide bonds. The average molecular weight is 272 g/mol. The van der Waals surface area contributed by atoms with Gasteiger partial charge < -0.3 is 10.2 Å². The maximum atomic E-state index is 13.2. The molecule has 0 fully saturated rings. The van der Waals surface area contributed by atoms with E-state index in [0.29, 0.717) is 6.54 Å². The molecule has 0 atom stereocenters. The number of hydrogen-bond donors (Lipinski definition) is 1. The van der Waals surface area contributed by atoms with Crippen molar-refractivity contribution in [3.63, 3.8) is 0 Å². The van der Waals surface area contributed by atoms with Gasteiger partial charge in [0.2, 0.25) is 0 Å². The van der Waals surface area contributed by atoms with Gasteiger partial charge in [-0.25, -0.2) is 14.4 Å². The van der Waals surface area contributed by atoms with Crippen LogP contribution in [0, 0.1) is 5.82 Å². The van der Waals surface area contributed by atoms with E-state index < -0.39 is 0 Å². The second kappa shape index (κ2) is 5.54. The van der Waals surface area contributed by atoms with Gasteiger partial charge in [0.05, 0.1) is 5.69 Å². The number of nitrogens with one attached hydrogen (secondary N) is 1. The number of anilines is 1. The molecule has 0 saturated carbocycles. The van der Waals surface area contributed by atoms with Gasteiger partial charge >= 0.3 is 0 Å². The second-order valence-electron chi connectivity index (χ2n) is 5.12. The molecule has 1 aromatic heterocycles. The van der Waals surface area contributed by atoms with E-state index in [9.17, 15) is 4.39 Å². The van der Waals surface area contributed by atoms with E-state index in [4.69, 9.17) is 0 Å². The van der Waals surface area contributed by atoms with E-state index in [1.165, 1.54) is 17.7 Å². The van der Waals surface area contributed by atoms with Crippen LogP contribution in [0.15, 0.2) is 30.6 Å². The number of likely N-dealkylation sites (N-methyl/N-ethyl adjacent to an activating group) is 1. The van der Waals surface area contributed by atoms with Crippen LogP contribution in [-0.2, 0) is 19.5 Å². The molecule has 20 heavy (non-hydrogen) atoms. The van der Waals surface area contributed by atoms with Crippen LogP contribution in [0.4, 0.5) is 10.2 Å². The molecule has 2 heterocycles. The third-order valence-corrected chi connectivity index (χ3v) is 3.55. The summed E-state index contributed by atoms with van der Waals surface area (Å²) in [5.41, 5.74) is 3.17. The van der Waals surface area contributed by atoms with Crippen LogP contribution >= 0.6 is 0 Å². The van der Waals surface area contributed by atoms with Gasteiger partial charge in [0.15, 0.2) is 0 Å². The smallest absolute Gasteiger partial charge is 0.133 e. The van der Waals surface area contributed by atoms with E-state index >= 15 is 0 Å². The van der Waals surface area contributed by atoms with Crippen molar-refractivity contribution in [3.8, 4) is 0 Å². The van der Waals surface area contributed by atoms with Crippen LogP contribution in [0.1, 0.15) is 16.8 Å². The zero-order valence-corrected chi connectivity index (χ0v) is 11.4. The minimum atomic E-state index is -0.212. The van der Waals surface area contributed by atoms with Crippen molar-refractivity contribution in [2.24, 2.45) is 0 Å². The fraction of sp³-hybridized carbons (Fsp3) is 0.333. The summed E-state index contributed by atoms with van der Waals surface area (Å²) in [4.78, 5) is 10.9. The van der Waals surface area contributed by atoms with Crippen LogP contribution in [0.5, 0.6) is 0 Å². The normalized spacial score (nSPS) is 14.9. The first-order valence-electron chi connectivity index (χ1n) is 6.72. The van der Waals surface area contributed by atoms with E-state index in [-0.39, 0.29) is 5.82 Å². The molecule has 0 radical (unpaired) electrons. The molecule has 0 aliphatic carbocycles. The Bertz CT molecular complexity index is 615. The summed E-state index contributed by atoms with van der Waals surface area (Å²) < 4.78 is 13.2. The van der Waals surface area contributed by atoms with Gasteiger partial charge in [0.25, 0.3) is 0 Å². The largest absolute Gasteiger partial charge is 0.366 e. The lowest BCUT2D eigenvalue weighted by molar-refractivity contribution is 0.307. The number of hydrogen-bond acceptors (Lipinski definition) is 4. The van der Waals surface area contributed by atoms with Gasteiger partial charge in [0.1, 0.15) is 18.0 Å². The van der Waals surface area contributed by atoms with Crippen LogP contribution in [0.25, 0.3) is 0 Å². The summed E-state index contributed by atoms with van der Waals surface area (Å²) >= 11 is 0. The molecule has 4 nitrogen and oxygen atoms in total. The van der Waals surface area contributed by atoms with Crippen molar-refractivity contribution < 1.29 is 4.39 Å². The monoisotopic (exact) mass is 272 g/mol. The SMILES string of the molecule is CN1CCc2c(ncnc2NCc2cccc(F)c2)C1. The number of halogens is 1. The molecule has 0 unspecified atom stereocenters. The Hall–Kier alpha value is -2.01. The summed E-state index contributed by atoms with van der Waals surface area (Å²) in [5, 5.41) is 3.29. The molecule has 5 heteroatoms. The van der Waals surface area contributed by atoms with Gasteiger partial charge in [-0.05, 0) is 31.2 Å². The molecule has 3 rings (SSSR count).